The zero-order valence-electron chi connectivity index (χ0n) is 37.2. The third-order valence-electron chi connectivity index (χ3n) is 13.2. The molecule has 0 saturated heterocycles. The third kappa shape index (κ3) is 7.16. The van der Waals surface area contributed by atoms with E-state index in [0.717, 1.165) is 44.9 Å². The lowest BCUT2D eigenvalue weighted by molar-refractivity contribution is 0.768. The number of anilines is 3. The number of hydrogen-bond acceptors (Lipinski definition) is 4. The van der Waals surface area contributed by atoms with E-state index in [9.17, 15) is 0 Å². The summed E-state index contributed by atoms with van der Waals surface area (Å²) in [7, 11) is 0. The van der Waals surface area contributed by atoms with E-state index in [1.165, 1.54) is 44.5 Å². The van der Waals surface area contributed by atoms with Crippen LogP contribution in [0.4, 0.5) is 17.1 Å². The maximum Gasteiger partial charge on any atom is 0.164 e. The van der Waals surface area contributed by atoms with Crippen LogP contribution in [0.1, 0.15) is 22.3 Å². The molecule has 68 heavy (non-hydrogen) atoms. The van der Waals surface area contributed by atoms with Crippen LogP contribution in [0.5, 0.6) is 0 Å². The normalized spacial score (nSPS) is 12.2. The van der Waals surface area contributed by atoms with Gasteiger partial charge in [-0.05, 0) is 92.0 Å². The molecule has 0 amide bonds. The number of benzene rings is 10. The van der Waals surface area contributed by atoms with E-state index in [4.69, 9.17) is 15.0 Å². The van der Waals surface area contributed by atoms with Crippen LogP contribution < -0.4 is 4.90 Å². The maximum atomic E-state index is 5.10. The van der Waals surface area contributed by atoms with E-state index in [1.807, 2.05) is 60.7 Å². The van der Waals surface area contributed by atoms with Crippen molar-refractivity contribution in [2.45, 2.75) is 5.41 Å². The molecule has 0 saturated carbocycles. The van der Waals surface area contributed by atoms with Crippen molar-refractivity contribution in [1.29, 1.82) is 0 Å². The Hall–Kier alpha value is -8.99. The molecule has 0 aliphatic heterocycles. The molecule has 0 spiro atoms. The summed E-state index contributed by atoms with van der Waals surface area (Å²) < 4.78 is 0. The van der Waals surface area contributed by atoms with Gasteiger partial charge in [0.05, 0.1) is 5.41 Å². The van der Waals surface area contributed by atoms with Crippen LogP contribution >= 0.6 is 0 Å². The van der Waals surface area contributed by atoms with E-state index >= 15 is 0 Å². The summed E-state index contributed by atoms with van der Waals surface area (Å²) in [5.41, 5.74) is 17.5. The molecule has 10 aromatic carbocycles. The average Bonchev–Trinajstić information content (AvgIpc) is 3.73. The summed E-state index contributed by atoms with van der Waals surface area (Å²) in [6, 6.07) is 95.0. The van der Waals surface area contributed by atoms with Gasteiger partial charge in [0.2, 0.25) is 0 Å². The fourth-order valence-electron chi connectivity index (χ4n) is 10.1. The molecular weight excluding hydrogens is 825 g/mol. The number of fused-ring (bicyclic) bond motifs is 3. The van der Waals surface area contributed by atoms with Crippen LogP contribution in [0.2, 0.25) is 0 Å². The third-order valence-corrected chi connectivity index (χ3v) is 13.2. The molecule has 0 N–H and O–H groups in total. The molecule has 4 heteroatoms. The lowest BCUT2D eigenvalue weighted by Gasteiger charge is -2.34. The predicted molar refractivity (Wildman–Crippen MR) is 279 cm³/mol. The van der Waals surface area contributed by atoms with Gasteiger partial charge < -0.3 is 4.90 Å². The van der Waals surface area contributed by atoms with Gasteiger partial charge in [0.15, 0.2) is 17.5 Å². The highest BCUT2D eigenvalue weighted by Gasteiger charge is 2.46. The van der Waals surface area contributed by atoms with Crippen molar-refractivity contribution in [1.82, 2.24) is 15.0 Å². The Morgan fingerprint density at radius 1 is 0.250 bits per heavy atom. The molecule has 12 rings (SSSR count). The number of rotatable bonds is 10. The van der Waals surface area contributed by atoms with E-state index in [-0.39, 0.29) is 0 Å². The topological polar surface area (TPSA) is 41.9 Å². The fourth-order valence-corrected chi connectivity index (χ4v) is 10.1. The molecule has 320 valence electrons. The minimum absolute atomic E-state index is 0.480. The second-order valence-corrected chi connectivity index (χ2v) is 17.1. The minimum Gasteiger partial charge on any atom is -0.310 e. The summed E-state index contributed by atoms with van der Waals surface area (Å²) in [4.78, 5) is 17.5. The number of hydrogen-bond donors (Lipinski definition) is 0. The van der Waals surface area contributed by atoms with Crippen molar-refractivity contribution >= 4 is 17.1 Å². The molecular formula is C64H44N4. The summed E-state index contributed by atoms with van der Waals surface area (Å²) in [5.74, 6) is 1.89. The summed E-state index contributed by atoms with van der Waals surface area (Å²) in [6.45, 7) is 0. The van der Waals surface area contributed by atoms with Gasteiger partial charge in [-0.15, -0.1) is 0 Å². The van der Waals surface area contributed by atoms with E-state index in [0.29, 0.717) is 17.5 Å². The van der Waals surface area contributed by atoms with Gasteiger partial charge in [0.1, 0.15) is 0 Å². The zero-order chi connectivity index (χ0) is 45.3. The van der Waals surface area contributed by atoms with E-state index in [2.05, 4.69) is 211 Å². The van der Waals surface area contributed by atoms with E-state index in [1.54, 1.807) is 0 Å². The second-order valence-electron chi connectivity index (χ2n) is 17.1. The van der Waals surface area contributed by atoms with Crippen LogP contribution in [0.25, 0.3) is 67.5 Å². The Kier molecular flexibility index (Phi) is 10.4. The monoisotopic (exact) mass is 868 g/mol. The fraction of sp³-hybridized carbons (Fsp3) is 0.0156. The smallest absolute Gasteiger partial charge is 0.164 e. The lowest BCUT2D eigenvalue weighted by Crippen LogP contribution is -2.28. The van der Waals surface area contributed by atoms with E-state index < -0.39 is 5.41 Å². The summed E-state index contributed by atoms with van der Waals surface area (Å²) in [5, 5.41) is 0. The molecule has 0 radical (unpaired) electrons. The standard InChI is InChI=1S/C64H44N4/c1-6-20-45(21-7-1)46-34-38-52(39-35-46)68(54-42-43-60-58(44-54)56-31-18-19-33-59(56)64(60,50-26-12-4-13-27-50)51-28-14-5-15-29-51)53-40-36-47(37-41-53)55-30-16-17-32-57(55)63-66-61(48-22-8-2-9-23-48)65-62(67-63)49-24-10-3-11-25-49/h1-44H. The van der Waals surface area contributed by atoms with Crippen molar-refractivity contribution in [3.63, 3.8) is 0 Å². The van der Waals surface area contributed by atoms with Crippen LogP contribution in [0.15, 0.2) is 267 Å². The van der Waals surface area contributed by atoms with Gasteiger partial charge in [-0.3, -0.25) is 0 Å². The largest absolute Gasteiger partial charge is 0.310 e. The number of nitrogens with zero attached hydrogens (tertiary/aromatic N) is 4. The van der Waals surface area contributed by atoms with Gasteiger partial charge in [-0.2, -0.15) is 0 Å². The summed E-state index contributed by atoms with van der Waals surface area (Å²) in [6.07, 6.45) is 0. The predicted octanol–water partition coefficient (Wildman–Crippen LogP) is 16.0. The maximum absolute atomic E-state index is 5.10. The second kappa shape index (κ2) is 17.4. The molecule has 1 heterocycles. The average molecular weight is 869 g/mol. The van der Waals surface area contributed by atoms with Crippen LogP contribution in [0.3, 0.4) is 0 Å². The summed E-state index contributed by atoms with van der Waals surface area (Å²) >= 11 is 0. The van der Waals surface area contributed by atoms with Gasteiger partial charge in [-0.1, -0.05) is 231 Å². The lowest BCUT2D eigenvalue weighted by atomic mass is 9.68. The Balaban J connectivity index is 0.992. The number of aromatic nitrogens is 3. The molecule has 1 aliphatic rings. The first-order valence-corrected chi connectivity index (χ1v) is 23.1. The first kappa shape index (κ1) is 40.5. The van der Waals surface area contributed by atoms with Crippen LogP contribution in [0, 0.1) is 0 Å². The molecule has 11 aromatic rings. The van der Waals surface area contributed by atoms with Crippen LogP contribution in [-0.4, -0.2) is 15.0 Å². The Labute approximate surface area is 397 Å². The highest BCUT2D eigenvalue weighted by Crippen LogP contribution is 2.57. The van der Waals surface area contributed by atoms with Gasteiger partial charge in [0.25, 0.3) is 0 Å². The molecule has 0 atom stereocenters. The van der Waals surface area contributed by atoms with Crippen molar-refractivity contribution in [2.24, 2.45) is 0 Å². The molecule has 1 aliphatic carbocycles. The van der Waals surface area contributed by atoms with Gasteiger partial charge in [-0.25, -0.2) is 15.0 Å². The zero-order valence-corrected chi connectivity index (χ0v) is 37.2. The SMILES string of the molecule is c1ccc(-c2ccc(N(c3ccc(-c4ccccc4-c4nc(-c5ccccc5)nc(-c5ccccc5)n4)cc3)c3ccc4c(c3)-c3ccccc3C4(c3ccccc3)c3ccccc3)cc2)cc1. The minimum atomic E-state index is -0.480. The van der Waals surface area contributed by atoms with Gasteiger partial charge >= 0.3 is 0 Å². The molecule has 1 aromatic heterocycles. The first-order valence-electron chi connectivity index (χ1n) is 23.1. The van der Waals surface area contributed by atoms with Crippen LogP contribution in [-0.2, 0) is 5.41 Å². The molecule has 0 bridgehead atoms. The quantitative estimate of drug-likeness (QED) is 0.137. The van der Waals surface area contributed by atoms with Gasteiger partial charge in [0, 0.05) is 33.8 Å². The Morgan fingerprint density at radius 2 is 0.632 bits per heavy atom. The highest BCUT2D eigenvalue weighted by molar-refractivity contribution is 5.91. The molecule has 0 fully saturated rings. The van der Waals surface area contributed by atoms with Crippen molar-refractivity contribution in [3.05, 3.63) is 289 Å². The van der Waals surface area contributed by atoms with Crippen molar-refractivity contribution < 1.29 is 0 Å². The first-order chi connectivity index (χ1) is 33.7. The van der Waals surface area contributed by atoms with Crippen molar-refractivity contribution in [3.8, 4) is 67.5 Å². The molecule has 0 unspecified atom stereocenters. The Morgan fingerprint density at radius 3 is 1.18 bits per heavy atom. The van der Waals surface area contributed by atoms with Crippen molar-refractivity contribution in [2.75, 3.05) is 4.90 Å². The highest BCUT2D eigenvalue weighted by atomic mass is 15.1. The Bertz CT molecular complexity index is 3430. The molecule has 4 nitrogen and oxygen atoms in total.